The second-order valence-corrected chi connectivity index (χ2v) is 9.06. The molecular formula is C27H32O6S. The van der Waals surface area contributed by atoms with E-state index in [9.17, 15) is 9.90 Å². The molecule has 0 amide bonds. The Hall–Kier alpha value is -3.03. The fourth-order valence-corrected chi connectivity index (χ4v) is 4.89. The molecule has 0 saturated heterocycles. The van der Waals surface area contributed by atoms with Gasteiger partial charge in [0, 0.05) is 0 Å². The largest absolute Gasteiger partial charge is 0.493 e. The van der Waals surface area contributed by atoms with Crippen LogP contribution in [0.2, 0.25) is 0 Å². The number of aliphatic hydroxyl groups is 1. The molecule has 2 aromatic carbocycles. The minimum atomic E-state index is -0.850. The number of aliphatic carboxylic acids is 1. The Labute approximate surface area is 204 Å². The first kappa shape index (κ1) is 25.6. The number of benzene rings is 2. The Morgan fingerprint density at radius 3 is 2.12 bits per heavy atom. The first-order valence-corrected chi connectivity index (χ1v) is 12.2. The van der Waals surface area contributed by atoms with Gasteiger partial charge in [0.15, 0.2) is 11.5 Å². The number of aryl methyl sites for hydroxylation is 1. The molecule has 0 bridgehead atoms. The van der Waals surface area contributed by atoms with Crippen LogP contribution in [-0.4, -0.2) is 37.5 Å². The van der Waals surface area contributed by atoms with Crippen molar-refractivity contribution in [3.63, 3.8) is 0 Å². The van der Waals surface area contributed by atoms with Crippen molar-refractivity contribution >= 4 is 17.3 Å². The van der Waals surface area contributed by atoms with E-state index in [0.717, 1.165) is 30.4 Å². The maximum absolute atomic E-state index is 11.4. The minimum Gasteiger partial charge on any atom is -0.493 e. The highest BCUT2D eigenvalue weighted by molar-refractivity contribution is 7.07. The Kier molecular flexibility index (Phi) is 9.36. The first-order chi connectivity index (χ1) is 16.4. The molecule has 6 nitrogen and oxygen atoms in total. The second kappa shape index (κ2) is 12.4. The molecule has 0 fully saturated rings. The minimum absolute atomic E-state index is 0.00158. The molecule has 0 aliphatic carbocycles. The van der Waals surface area contributed by atoms with Gasteiger partial charge in [-0.1, -0.05) is 24.3 Å². The average molecular weight is 485 g/mol. The number of carboxylic acid groups (broad SMARTS) is 1. The van der Waals surface area contributed by atoms with Crippen LogP contribution in [-0.2, 0) is 24.1 Å². The number of ether oxygens (including phenoxy) is 3. The Bertz CT molecular complexity index is 1020. The van der Waals surface area contributed by atoms with Crippen LogP contribution in [0.25, 0.3) is 0 Å². The Balaban J connectivity index is 1.83. The lowest BCUT2D eigenvalue weighted by Crippen LogP contribution is -2.16. The molecule has 2 N–H and O–H groups in total. The van der Waals surface area contributed by atoms with E-state index in [1.807, 2.05) is 24.3 Å². The van der Waals surface area contributed by atoms with Crippen LogP contribution in [0.1, 0.15) is 41.2 Å². The highest BCUT2D eigenvalue weighted by Gasteiger charge is 2.25. The number of hydrogen-bond donors (Lipinski definition) is 2. The molecule has 0 spiro atoms. The van der Waals surface area contributed by atoms with E-state index >= 15 is 0 Å². The molecule has 2 atom stereocenters. The molecular weight excluding hydrogens is 452 g/mol. The van der Waals surface area contributed by atoms with Gasteiger partial charge in [-0.2, -0.15) is 11.3 Å². The van der Waals surface area contributed by atoms with Crippen molar-refractivity contribution in [2.75, 3.05) is 21.3 Å². The number of carboxylic acids is 1. The van der Waals surface area contributed by atoms with Crippen LogP contribution in [0.4, 0.5) is 0 Å². The molecule has 1 aromatic heterocycles. The summed E-state index contributed by atoms with van der Waals surface area (Å²) in [6.45, 7) is 0. The average Bonchev–Trinajstić information content (AvgIpc) is 3.36. The summed E-state index contributed by atoms with van der Waals surface area (Å²) < 4.78 is 16.4. The third kappa shape index (κ3) is 6.74. The molecule has 1 heterocycles. The third-order valence-electron chi connectivity index (χ3n) is 5.97. The lowest BCUT2D eigenvalue weighted by atomic mass is 9.85. The number of carbonyl (C=O) groups is 1. The summed E-state index contributed by atoms with van der Waals surface area (Å²) in [4.78, 5) is 11.0. The van der Waals surface area contributed by atoms with Gasteiger partial charge in [0.05, 0.1) is 33.9 Å². The van der Waals surface area contributed by atoms with E-state index in [1.54, 1.807) is 44.8 Å². The fourth-order valence-electron chi connectivity index (χ4n) is 4.19. The van der Waals surface area contributed by atoms with Crippen LogP contribution < -0.4 is 14.2 Å². The van der Waals surface area contributed by atoms with Gasteiger partial charge < -0.3 is 24.4 Å². The van der Waals surface area contributed by atoms with Gasteiger partial charge in [-0.25, -0.2) is 0 Å². The zero-order valence-electron chi connectivity index (χ0n) is 19.8. The van der Waals surface area contributed by atoms with Gasteiger partial charge in [0.2, 0.25) is 5.75 Å². The van der Waals surface area contributed by atoms with Crippen molar-refractivity contribution in [3.05, 3.63) is 75.5 Å². The number of rotatable bonds is 13. The van der Waals surface area contributed by atoms with Gasteiger partial charge in [-0.05, 0) is 82.8 Å². The maximum Gasteiger partial charge on any atom is 0.307 e. The molecule has 34 heavy (non-hydrogen) atoms. The van der Waals surface area contributed by atoms with Gasteiger partial charge >= 0.3 is 5.97 Å². The standard InChI is InChI=1S/C27H32O6S/c1-31-23-15-22(16-24(32-2)27(23)33-3)26(30)21(6-4-5-20-11-12-34-17-20)13-18-7-9-19(10-8-18)14-25(28)29/h7-12,15-17,21,26,30H,4-6,13-14H2,1-3H3,(H,28,29). The summed E-state index contributed by atoms with van der Waals surface area (Å²) >= 11 is 1.69. The molecule has 0 saturated carbocycles. The SMILES string of the molecule is COc1cc(C(O)C(CCCc2ccsc2)Cc2ccc(CC(=O)O)cc2)cc(OC)c1OC. The van der Waals surface area contributed by atoms with Crippen molar-refractivity contribution in [2.24, 2.45) is 5.92 Å². The van der Waals surface area contributed by atoms with Crippen LogP contribution in [0.5, 0.6) is 17.2 Å². The van der Waals surface area contributed by atoms with Gasteiger partial charge in [-0.15, -0.1) is 0 Å². The fraction of sp³-hybridized carbons (Fsp3) is 0.370. The van der Waals surface area contributed by atoms with Crippen molar-refractivity contribution in [3.8, 4) is 17.2 Å². The zero-order valence-corrected chi connectivity index (χ0v) is 20.6. The monoisotopic (exact) mass is 484 g/mol. The summed E-state index contributed by atoms with van der Waals surface area (Å²) in [5, 5.41) is 24.7. The highest BCUT2D eigenvalue weighted by atomic mass is 32.1. The van der Waals surface area contributed by atoms with E-state index in [2.05, 4.69) is 16.8 Å². The first-order valence-electron chi connectivity index (χ1n) is 11.2. The number of hydrogen-bond acceptors (Lipinski definition) is 6. The summed E-state index contributed by atoms with van der Waals surface area (Å²) in [5.41, 5.74) is 3.83. The molecule has 0 aliphatic heterocycles. The number of methoxy groups -OCH3 is 3. The van der Waals surface area contributed by atoms with Gasteiger partial charge in [0.25, 0.3) is 0 Å². The van der Waals surface area contributed by atoms with Crippen molar-refractivity contribution < 1.29 is 29.2 Å². The molecule has 0 radical (unpaired) electrons. The van der Waals surface area contributed by atoms with E-state index in [0.29, 0.717) is 29.2 Å². The van der Waals surface area contributed by atoms with Crippen LogP contribution >= 0.6 is 11.3 Å². The summed E-state index contributed by atoms with van der Waals surface area (Å²) in [6.07, 6.45) is 2.65. The van der Waals surface area contributed by atoms with E-state index < -0.39 is 12.1 Å². The topological polar surface area (TPSA) is 85.2 Å². The number of thiophene rings is 1. The predicted molar refractivity (Wildman–Crippen MR) is 133 cm³/mol. The van der Waals surface area contributed by atoms with Crippen LogP contribution in [0.3, 0.4) is 0 Å². The summed E-state index contributed by atoms with van der Waals surface area (Å²) in [5.74, 6) is 0.601. The van der Waals surface area contributed by atoms with Gasteiger partial charge in [0.1, 0.15) is 0 Å². The van der Waals surface area contributed by atoms with E-state index in [4.69, 9.17) is 19.3 Å². The highest BCUT2D eigenvalue weighted by Crippen LogP contribution is 2.42. The smallest absolute Gasteiger partial charge is 0.307 e. The molecule has 7 heteroatoms. The molecule has 0 aliphatic rings. The Morgan fingerprint density at radius 1 is 0.941 bits per heavy atom. The molecule has 3 rings (SSSR count). The van der Waals surface area contributed by atoms with E-state index in [1.165, 1.54) is 5.56 Å². The Morgan fingerprint density at radius 2 is 1.59 bits per heavy atom. The lowest BCUT2D eigenvalue weighted by molar-refractivity contribution is -0.136. The number of aliphatic hydroxyl groups excluding tert-OH is 1. The molecule has 2 unspecified atom stereocenters. The van der Waals surface area contributed by atoms with Gasteiger partial charge in [-0.3, -0.25) is 4.79 Å². The normalized spacial score (nSPS) is 12.7. The molecule has 3 aromatic rings. The lowest BCUT2D eigenvalue weighted by Gasteiger charge is -2.25. The zero-order chi connectivity index (χ0) is 24.5. The second-order valence-electron chi connectivity index (χ2n) is 8.28. The predicted octanol–water partition coefficient (Wildman–Crippen LogP) is 5.32. The quantitative estimate of drug-likeness (QED) is 0.342. The van der Waals surface area contributed by atoms with E-state index in [-0.39, 0.29) is 12.3 Å². The molecule has 182 valence electrons. The van der Waals surface area contributed by atoms with Crippen molar-refractivity contribution in [1.29, 1.82) is 0 Å². The van der Waals surface area contributed by atoms with Crippen LogP contribution in [0.15, 0.2) is 53.2 Å². The van der Waals surface area contributed by atoms with Crippen LogP contribution in [0, 0.1) is 5.92 Å². The summed E-state index contributed by atoms with van der Waals surface area (Å²) in [7, 11) is 4.67. The summed E-state index contributed by atoms with van der Waals surface area (Å²) in [6, 6.07) is 13.3. The van der Waals surface area contributed by atoms with Crippen molar-refractivity contribution in [2.45, 2.75) is 38.2 Å². The maximum atomic E-state index is 11.4. The third-order valence-corrected chi connectivity index (χ3v) is 6.70. The van der Waals surface area contributed by atoms with Crippen molar-refractivity contribution in [1.82, 2.24) is 0 Å².